The average Bonchev–Trinajstić information content (AvgIpc) is 2.42. The average molecular weight is 350 g/mol. The lowest BCUT2D eigenvalue weighted by molar-refractivity contribution is 0.304. The van der Waals surface area contributed by atoms with Gasteiger partial charge < -0.3 is 5.73 Å². The van der Waals surface area contributed by atoms with E-state index in [1.165, 1.54) is 6.26 Å². The Bertz CT molecular complexity index is 583. The summed E-state index contributed by atoms with van der Waals surface area (Å²) in [4.78, 5) is 0. The Balaban J connectivity index is 2.08. The summed E-state index contributed by atoms with van der Waals surface area (Å²) in [6, 6.07) is 5.29. The van der Waals surface area contributed by atoms with Gasteiger partial charge in [0, 0.05) is 22.3 Å². The predicted octanol–water partition coefficient (Wildman–Crippen LogP) is 3.47. The van der Waals surface area contributed by atoms with E-state index in [4.69, 9.17) is 28.9 Å². The van der Waals surface area contributed by atoms with Crippen LogP contribution in [0, 0.1) is 5.92 Å². The molecule has 1 aliphatic carbocycles. The van der Waals surface area contributed by atoms with Crippen molar-refractivity contribution in [1.29, 1.82) is 0 Å². The van der Waals surface area contributed by atoms with E-state index in [0.717, 1.165) is 24.8 Å². The molecular weight excluding hydrogens is 329 g/mol. The zero-order valence-corrected chi connectivity index (χ0v) is 14.4. The van der Waals surface area contributed by atoms with Crippen molar-refractivity contribution in [2.24, 2.45) is 11.7 Å². The van der Waals surface area contributed by atoms with Crippen LogP contribution in [-0.4, -0.2) is 26.0 Å². The van der Waals surface area contributed by atoms with E-state index in [9.17, 15) is 8.42 Å². The Kier molecular flexibility index (Phi) is 5.58. The van der Waals surface area contributed by atoms with Crippen molar-refractivity contribution >= 4 is 33.0 Å². The lowest BCUT2D eigenvalue weighted by atomic mass is 9.82. The van der Waals surface area contributed by atoms with E-state index in [1.807, 2.05) is 0 Å². The molecule has 0 amide bonds. The molecular formula is C15H21Cl2NO2S. The summed E-state index contributed by atoms with van der Waals surface area (Å²) in [6.45, 7) is 0. The van der Waals surface area contributed by atoms with E-state index >= 15 is 0 Å². The second-order valence-corrected chi connectivity index (χ2v) is 9.09. The van der Waals surface area contributed by atoms with E-state index in [0.29, 0.717) is 22.9 Å². The minimum atomic E-state index is -2.99. The Morgan fingerprint density at radius 2 is 1.90 bits per heavy atom. The van der Waals surface area contributed by atoms with Gasteiger partial charge in [-0.05, 0) is 49.3 Å². The Hall–Kier alpha value is -0.290. The summed E-state index contributed by atoms with van der Waals surface area (Å²) in [5, 5.41) is 0.978. The van der Waals surface area contributed by atoms with Gasteiger partial charge in [-0.15, -0.1) is 0 Å². The van der Waals surface area contributed by atoms with Gasteiger partial charge in [-0.25, -0.2) is 8.42 Å². The highest BCUT2D eigenvalue weighted by Gasteiger charge is 2.32. The standard InChI is InChI=1S/C15H21Cl2NO2S/c1-21(19,20)11-5-2-4-10(8-11)15(18)9-12-13(16)6-3-7-14(12)17/h3,6-7,10-11,15H,2,4-5,8-9,18H2,1H3. The molecule has 0 heterocycles. The third kappa shape index (κ3) is 4.35. The fourth-order valence-corrected chi connectivity index (χ4v) is 4.83. The molecule has 3 atom stereocenters. The molecule has 118 valence electrons. The highest BCUT2D eigenvalue weighted by atomic mass is 35.5. The van der Waals surface area contributed by atoms with E-state index < -0.39 is 9.84 Å². The number of nitrogens with two attached hydrogens (primary N) is 1. The van der Waals surface area contributed by atoms with Crippen molar-refractivity contribution in [3.05, 3.63) is 33.8 Å². The van der Waals surface area contributed by atoms with Gasteiger partial charge in [0.2, 0.25) is 0 Å². The maximum atomic E-state index is 11.7. The molecule has 0 aliphatic heterocycles. The van der Waals surface area contributed by atoms with Crippen molar-refractivity contribution in [2.75, 3.05) is 6.26 Å². The van der Waals surface area contributed by atoms with Gasteiger partial charge in [-0.3, -0.25) is 0 Å². The summed E-state index contributed by atoms with van der Waals surface area (Å²) in [7, 11) is -2.99. The zero-order chi connectivity index (χ0) is 15.6. The monoisotopic (exact) mass is 349 g/mol. The van der Waals surface area contributed by atoms with Crippen LogP contribution in [0.25, 0.3) is 0 Å². The van der Waals surface area contributed by atoms with Crippen LogP contribution in [0.4, 0.5) is 0 Å². The number of halogens is 2. The second-order valence-electron chi connectivity index (χ2n) is 5.95. The van der Waals surface area contributed by atoms with Crippen LogP contribution in [0.1, 0.15) is 31.2 Å². The summed E-state index contributed by atoms with van der Waals surface area (Å²) in [6.07, 6.45) is 5.16. The van der Waals surface area contributed by atoms with E-state index in [1.54, 1.807) is 18.2 Å². The highest BCUT2D eigenvalue weighted by Crippen LogP contribution is 2.33. The van der Waals surface area contributed by atoms with Crippen LogP contribution in [0.15, 0.2) is 18.2 Å². The van der Waals surface area contributed by atoms with Gasteiger partial charge in [0.25, 0.3) is 0 Å². The van der Waals surface area contributed by atoms with Crippen molar-refractivity contribution in [2.45, 2.75) is 43.4 Å². The number of rotatable bonds is 4. The van der Waals surface area contributed by atoms with Crippen LogP contribution in [0.5, 0.6) is 0 Å². The number of hydrogen-bond acceptors (Lipinski definition) is 3. The normalized spacial score (nSPS) is 24.8. The molecule has 2 rings (SSSR count). The molecule has 1 aromatic rings. The first-order valence-electron chi connectivity index (χ1n) is 7.16. The van der Waals surface area contributed by atoms with Crippen LogP contribution >= 0.6 is 23.2 Å². The number of hydrogen-bond donors (Lipinski definition) is 1. The molecule has 0 aromatic heterocycles. The summed E-state index contributed by atoms with van der Waals surface area (Å²) in [5.41, 5.74) is 7.17. The van der Waals surface area contributed by atoms with Crippen LogP contribution in [0.2, 0.25) is 10.0 Å². The van der Waals surface area contributed by atoms with Gasteiger partial charge in [0.15, 0.2) is 0 Å². The zero-order valence-electron chi connectivity index (χ0n) is 12.1. The Morgan fingerprint density at radius 3 is 2.48 bits per heavy atom. The maximum absolute atomic E-state index is 11.7. The van der Waals surface area contributed by atoms with E-state index in [2.05, 4.69) is 0 Å². The maximum Gasteiger partial charge on any atom is 0.150 e. The quantitative estimate of drug-likeness (QED) is 0.905. The molecule has 2 N–H and O–H groups in total. The van der Waals surface area contributed by atoms with Gasteiger partial charge in [-0.1, -0.05) is 35.7 Å². The lowest BCUT2D eigenvalue weighted by Crippen LogP contribution is -2.39. The minimum Gasteiger partial charge on any atom is -0.327 e. The molecule has 0 bridgehead atoms. The molecule has 3 nitrogen and oxygen atoms in total. The largest absolute Gasteiger partial charge is 0.327 e. The van der Waals surface area contributed by atoms with Gasteiger partial charge >= 0.3 is 0 Å². The van der Waals surface area contributed by atoms with E-state index in [-0.39, 0.29) is 17.2 Å². The lowest BCUT2D eigenvalue weighted by Gasteiger charge is -2.32. The Labute approximate surface area is 136 Å². The first kappa shape index (κ1) is 17.1. The van der Waals surface area contributed by atoms with Crippen molar-refractivity contribution in [3.63, 3.8) is 0 Å². The summed E-state index contributed by atoms with van der Waals surface area (Å²) in [5.74, 6) is 0.200. The molecule has 1 saturated carbocycles. The van der Waals surface area contributed by atoms with Crippen LogP contribution in [0.3, 0.4) is 0 Å². The molecule has 1 aromatic carbocycles. The highest BCUT2D eigenvalue weighted by molar-refractivity contribution is 7.91. The molecule has 1 aliphatic rings. The molecule has 3 unspecified atom stereocenters. The van der Waals surface area contributed by atoms with Crippen molar-refractivity contribution in [3.8, 4) is 0 Å². The topological polar surface area (TPSA) is 60.2 Å². The van der Waals surface area contributed by atoms with Gasteiger partial charge in [0.05, 0.1) is 5.25 Å². The summed E-state index contributed by atoms with van der Waals surface area (Å²) < 4.78 is 23.5. The number of sulfone groups is 1. The van der Waals surface area contributed by atoms with Gasteiger partial charge in [0.1, 0.15) is 9.84 Å². The van der Waals surface area contributed by atoms with Crippen LogP contribution in [-0.2, 0) is 16.3 Å². The fourth-order valence-electron chi connectivity index (χ4n) is 3.09. The van der Waals surface area contributed by atoms with Gasteiger partial charge in [-0.2, -0.15) is 0 Å². The van der Waals surface area contributed by atoms with Crippen molar-refractivity contribution < 1.29 is 8.42 Å². The first-order chi connectivity index (χ1) is 9.79. The second kappa shape index (κ2) is 6.86. The summed E-state index contributed by atoms with van der Waals surface area (Å²) >= 11 is 12.4. The molecule has 1 fully saturated rings. The predicted molar refractivity (Wildman–Crippen MR) is 88.7 cm³/mol. The minimum absolute atomic E-state index is 0.119. The fraction of sp³-hybridized carbons (Fsp3) is 0.600. The molecule has 21 heavy (non-hydrogen) atoms. The molecule has 6 heteroatoms. The molecule has 0 saturated heterocycles. The van der Waals surface area contributed by atoms with Crippen molar-refractivity contribution in [1.82, 2.24) is 0 Å². The number of benzene rings is 1. The van der Waals surface area contributed by atoms with Crippen LogP contribution < -0.4 is 5.73 Å². The molecule has 0 radical (unpaired) electrons. The Morgan fingerprint density at radius 1 is 1.29 bits per heavy atom. The molecule has 0 spiro atoms. The third-order valence-corrected chi connectivity index (χ3v) is 6.73. The third-order valence-electron chi connectivity index (χ3n) is 4.38. The smallest absolute Gasteiger partial charge is 0.150 e. The SMILES string of the molecule is CS(=O)(=O)C1CCCC(C(N)Cc2c(Cl)cccc2Cl)C1. The first-order valence-corrected chi connectivity index (χ1v) is 9.87.